The number of benzene rings is 1. The van der Waals surface area contributed by atoms with E-state index in [0.29, 0.717) is 45.1 Å². The molecule has 1 aliphatic rings. The molecule has 2 aromatic heterocycles. The third kappa shape index (κ3) is 6.48. The second-order valence-electron chi connectivity index (χ2n) is 8.18. The third-order valence-electron chi connectivity index (χ3n) is 5.64. The van der Waals surface area contributed by atoms with Gasteiger partial charge in [-0.3, -0.25) is 14.7 Å². The van der Waals surface area contributed by atoms with Gasteiger partial charge in [0.05, 0.1) is 23.7 Å². The Bertz CT molecular complexity index is 1210. The van der Waals surface area contributed by atoms with Gasteiger partial charge >= 0.3 is 0 Å². The lowest BCUT2D eigenvalue weighted by atomic mass is 10.1. The number of hydrogen-bond acceptors (Lipinski definition) is 9. The Morgan fingerprint density at radius 1 is 1.25 bits per heavy atom. The molecule has 0 aliphatic carbocycles. The van der Waals surface area contributed by atoms with Crippen LogP contribution in [0.15, 0.2) is 47.6 Å². The fraction of sp³-hybridized carbons (Fsp3) is 0.333. The Morgan fingerprint density at radius 3 is 2.92 bits per heavy atom. The lowest BCUT2D eigenvalue weighted by molar-refractivity contribution is -0.123. The van der Waals surface area contributed by atoms with E-state index >= 15 is 0 Å². The summed E-state index contributed by atoms with van der Waals surface area (Å²) in [5.41, 5.74) is 8.04. The van der Waals surface area contributed by atoms with Crippen molar-refractivity contribution in [2.45, 2.75) is 17.5 Å². The summed E-state index contributed by atoms with van der Waals surface area (Å²) >= 11 is 7.38. The molecule has 1 unspecified atom stereocenters. The van der Waals surface area contributed by atoms with Crippen molar-refractivity contribution in [2.75, 3.05) is 43.9 Å². The van der Waals surface area contributed by atoms with Crippen LogP contribution >= 0.6 is 23.4 Å². The molecule has 3 aromatic rings. The molecule has 0 bridgehead atoms. The number of halogens is 2. The molecule has 1 amide bonds. The zero-order chi connectivity index (χ0) is 25.5. The molecule has 1 atom stereocenters. The molecule has 190 valence electrons. The number of carbonyl (C=O) groups excluding carboxylic acids is 1. The SMILES string of the molecule is NC(=O)C(c1cc(Nc2cc(-c3cc(Cl)ccc3F)nnc2SCCO)ccn1)N1CCCNCC1. The number of pyridine rings is 1. The van der Waals surface area contributed by atoms with E-state index in [2.05, 4.69) is 25.8 Å². The molecular weight excluding hydrogens is 505 g/mol. The highest BCUT2D eigenvalue weighted by Gasteiger charge is 2.27. The number of nitrogens with zero attached hydrogens (tertiary/aromatic N) is 4. The van der Waals surface area contributed by atoms with Crippen molar-refractivity contribution in [1.29, 1.82) is 0 Å². The van der Waals surface area contributed by atoms with Crippen molar-refractivity contribution in [3.8, 4) is 11.3 Å². The molecular formula is C24H27ClFN7O2S. The minimum atomic E-state index is -0.665. The molecule has 1 aliphatic heterocycles. The Hall–Kier alpha value is -2.83. The van der Waals surface area contributed by atoms with Gasteiger partial charge in [-0.25, -0.2) is 4.39 Å². The average molecular weight is 532 g/mol. The van der Waals surface area contributed by atoms with Crippen LogP contribution in [-0.4, -0.2) is 69.6 Å². The highest BCUT2D eigenvalue weighted by molar-refractivity contribution is 7.99. The minimum Gasteiger partial charge on any atom is -0.396 e. The molecule has 3 heterocycles. The van der Waals surface area contributed by atoms with E-state index in [9.17, 15) is 14.3 Å². The number of aliphatic hydroxyl groups excluding tert-OH is 1. The van der Waals surface area contributed by atoms with Crippen LogP contribution < -0.4 is 16.4 Å². The summed E-state index contributed by atoms with van der Waals surface area (Å²) in [4.78, 5) is 18.9. The maximum absolute atomic E-state index is 14.5. The van der Waals surface area contributed by atoms with Crippen molar-refractivity contribution >= 4 is 40.6 Å². The van der Waals surface area contributed by atoms with Crippen molar-refractivity contribution in [2.24, 2.45) is 5.73 Å². The lowest BCUT2D eigenvalue weighted by Crippen LogP contribution is -2.40. The first-order chi connectivity index (χ1) is 17.5. The van der Waals surface area contributed by atoms with Gasteiger partial charge in [-0.05, 0) is 49.4 Å². The van der Waals surface area contributed by atoms with Crippen molar-refractivity contribution in [3.05, 3.63) is 59.1 Å². The van der Waals surface area contributed by atoms with Gasteiger partial charge in [0.15, 0.2) is 0 Å². The molecule has 12 heteroatoms. The zero-order valence-electron chi connectivity index (χ0n) is 19.5. The first-order valence-electron chi connectivity index (χ1n) is 11.5. The number of hydrogen-bond donors (Lipinski definition) is 4. The smallest absolute Gasteiger partial charge is 0.241 e. The Labute approximate surface area is 217 Å². The standard InChI is InChI=1S/C24H27ClFN7O2S/c25-15-2-3-18(26)17(12-15)19-14-21(24(32-31-19)36-11-10-34)30-16-4-6-29-20(13-16)22(23(27)35)33-8-1-5-28-7-9-33/h2-4,6,12-14,22,28,34H,1,5,7-11H2,(H2,27,35)(H,29,30,31). The number of aliphatic hydroxyl groups is 1. The van der Waals surface area contributed by atoms with Gasteiger partial charge in [-0.2, -0.15) is 0 Å². The number of carbonyl (C=O) groups is 1. The quantitative estimate of drug-likeness (QED) is 0.308. The molecule has 0 saturated carbocycles. The van der Waals surface area contributed by atoms with Crippen LogP contribution in [0, 0.1) is 5.82 Å². The zero-order valence-corrected chi connectivity index (χ0v) is 21.0. The Balaban J connectivity index is 1.67. The first kappa shape index (κ1) is 26.2. The third-order valence-corrected chi connectivity index (χ3v) is 6.84. The van der Waals surface area contributed by atoms with Crippen molar-refractivity contribution < 1.29 is 14.3 Å². The van der Waals surface area contributed by atoms with Gasteiger partial charge in [0.25, 0.3) is 0 Å². The average Bonchev–Trinajstić information content (AvgIpc) is 3.14. The predicted molar refractivity (Wildman–Crippen MR) is 139 cm³/mol. The number of nitrogens with one attached hydrogen (secondary N) is 2. The molecule has 1 aromatic carbocycles. The van der Waals surface area contributed by atoms with Crippen LogP contribution in [0.4, 0.5) is 15.8 Å². The molecule has 4 rings (SSSR count). The normalized spacial score (nSPS) is 15.3. The van der Waals surface area contributed by atoms with Crippen molar-refractivity contribution in [1.82, 2.24) is 25.4 Å². The van der Waals surface area contributed by atoms with Gasteiger partial charge in [0, 0.05) is 47.9 Å². The van der Waals surface area contributed by atoms with Crippen LogP contribution in [0.25, 0.3) is 11.3 Å². The van der Waals surface area contributed by atoms with Crippen LogP contribution in [0.2, 0.25) is 5.02 Å². The predicted octanol–water partition coefficient (Wildman–Crippen LogP) is 2.98. The number of primary amides is 1. The summed E-state index contributed by atoms with van der Waals surface area (Å²) in [6, 6.07) is 8.77. The second kappa shape index (κ2) is 12.4. The van der Waals surface area contributed by atoms with Crippen LogP contribution in [0.3, 0.4) is 0 Å². The molecule has 0 radical (unpaired) electrons. The molecule has 5 N–H and O–H groups in total. The number of aromatic nitrogens is 3. The van der Waals surface area contributed by atoms with Crippen LogP contribution in [0.5, 0.6) is 0 Å². The molecule has 1 saturated heterocycles. The Morgan fingerprint density at radius 2 is 2.11 bits per heavy atom. The van der Waals surface area contributed by atoms with Crippen LogP contribution in [0.1, 0.15) is 18.2 Å². The monoisotopic (exact) mass is 531 g/mol. The molecule has 1 fully saturated rings. The summed E-state index contributed by atoms with van der Waals surface area (Å²) in [7, 11) is 0. The van der Waals surface area contributed by atoms with Gasteiger partial charge in [0.1, 0.15) is 16.9 Å². The maximum atomic E-state index is 14.5. The van der Waals surface area contributed by atoms with E-state index in [0.717, 1.165) is 26.1 Å². The first-order valence-corrected chi connectivity index (χ1v) is 12.9. The summed E-state index contributed by atoms with van der Waals surface area (Å²) in [6.07, 6.45) is 2.51. The number of rotatable bonds is 9. The van der Waals surface area contributed by atoms with Crippen molar-refractivity contribution in [3.63, 3.8) is 0 Å². The van der Waals surface area contributed by atoms with Gasteiger partial charge < -0.3 is 21.5 Å². The summed E-state index contributed by atoms with van der Waals surface area (Å²) in [6.45, 7) is 3.01. The topological polar surface area (TPSA) is 129 Å². The van der Waals surface area contributed by atoms with E-state index < -0.39 is 17.8 Å². The largest absolute Gasteiger partial charge is 0.396 e. The summed E-state index contributed by atoms with van der Waals surface area (Å²) in [5.74, 6) is -0.536. The Kier molecular flexibility index (Phi) is 9.05. The van der Waals surface area contributed by atoms with E-state index in [1.165, 1.54) is 30.0 Å². The van der Waals surface area contributed by atoms with Gasteiger partial charge in [0.2, 0.25) is 5.91 Å². The molecule has 9 nitrogen and oxygen atoms in total. The highest BCUT2D eigenvalue weighted by Crippen LogP contribution is 2.33. The fourth-order valence-electron chi connectivity index (χ4n) is 4.01. The lowest BCUT2D eigenvalue weighted by Gasteiger charge is -2.27. The summed E-state index contributed by atoms with van der Waals surface area (Å²) < 4.78 is 14.5. The maximum Gasteiger partial charge on any atom is 0.241 e. The van der Waals surface area contributed by atoms with E-state index in [4.69, 9.17) is 17.3 Å². The second-order valence-corrected chi connectivity index (χ2v) is 9.70. The number of amides is 1. The summed E-state index contributed by atoms with van der Waals surface area (Å²) in [5, 5.41) is 25.2. The highest BCUT2D eigenvalue weighted by atomic mass is 35.5. The molecule has 0 spiro atoms. The van der Waals surface area contributed by atoms with Crippen LogP contribution in [-0.2, 0) is 4.79 Å². The number of anilines is 2. The number of nitrogens with two attached hydrogens (primary N) is 1. The fourth-order valence-corrected chi connectivity index (χ4v) is 4.83. The number of thioether (sulfide) groups is 1. The van der Waals surface area contributed by atoms with Gasteiger partial charge in [-0.15, -0.1) is 22.0 Å². The van der Waals surface area contributed by atoms with E-state index in [-0.39, 0.29) is 12.2 Å². The minimum absolute atomic E-state index is 0.0408. The van der Waals surface area contributed by atoms with E-state index in [1.807, 2.05) is 4.90 Å². The van der Waals surface area contributed by atoms with Gasteiger partial charge in [-0.1, -0.05) is 11.6 Å². The molecule has 36 heavy (non-hydrogen) atoms. The van der Waals surface area contributed by atoms with E-state index in [1.54, 1.807) is 24.4 Å².